The highest BCUT2D eigenvalue weighted by atomic mass is 19.4. The summed E-state index contributed by atoms with van der Waals surface area (Å²) in [5, 5.41) is 10.1. The van der Waals surface area contributed by atoms with E-state index in [1.165, 1.54) is 4.74 Å². The van der Waals surface area contributed by atoms with Crippen molar-refractivity contribution in [3.63, 3.8) is 0 Å². The van der Waals surface area contributed by atoms with E-state index in [1.54, 1.807) is 0 Å². The van der Waals surface area contributed by atoms with E-state index in [4.69, 9.17) is 0 Å². The van der Waals surface area contributed by atoms with Gasteiger partial charge >= 0.3 is 42.1 Å². The van der Waals surface area contributed by atoms with Crippen LogP contribution in [0.15, 0.2) is 0 Å². The van der Waals surface area contributed by atoms with E-state index in [-0.39, 0.29) is 0 Å². The van der Waals surface area contributed by atoms with Crippen LogP contribution in [0.5, 0.6) is 0 Å². The molecule has 0 aromatic carbocycles. The van der Waals surface area contributed by atoms with Gasteiger partial charge in [-0.1, -0.05) is 0 Å². The van der Waals surface area contributed by atoms with Crippen LogP contribution in [-0.2, 0) is 9.53 Å². The summed E-state index contributed by atoms with van der Waals surface area (Å²) in [5.41, 5.74) is -7.37. The summed E-state index contributed by atoms with van der Waals surface area (Å²) in [6.45, 7) is 0. The van der Waals surface area contributed by atoms with E-state index in [9.17, 15) is 75.8 Å². The lowest BCUT2D eigenvalue weighted by Crippen LogP contribution is -2.73. The summed E-state index contributed by atoms with van der Waals surface area (Å²) in [6.07, 6.45) is -30.8. The summed E-state index contributed by atoms with van der Waals surface area (Å²) < 4.78 is 187. The van der Waals surface area contributed by atoms with Gasteiger partial charge in [0.15, 0.2) is 0 Å². The predicted octanol–water partition coefficient (Wildman–Crippen LogP) is 3.04. The summed E-state index contributed by atoms with van der Waals surface area (Å²) in [7, 11) is 0. The Morgan fingerprint density at radius 1 is 0.577 bits per heavy atom. The number of hydrogen-bond acceptors (Lipinski definition) is 3. The summed E-state index contributed by atoms with van der Waals surface area (Å²) in [4.78, 5) is 10.1. The molecular weight excluding hydrogens is 429 g/mol. The van der Waals surface area contributed by atoms with Crippen molar-refractivity contribution in [1.82, 2.24) is 0 Å². The molecule has 0 rings (SSSR count). The van der Waals surface area contributed by atoms with Gasteiger partial charge in [0.1, 0.15) is 0 Å². The molecule has 26 heavy (non-hydrogen) atoms. The molecule has 0 aliphatic rings. The van der Waals surface area contributed by atoms with Gasteiger partial charge in [-0.05, 0) is 0 Å². The Hall–Kier alpha value is -1.62. The third-order valence-electron chi connectivity index (χ3n) is 2.48. The number of carboxylic acid groups (broad SMARTS) is 1. The molecule has 0 aliphatic heterocycles. The van der Waals surface area contributed by atoms with Crippen LogP contribution in [0.1, 0.15) is 0 Å². The molecule has 18 heteroatoms. The molecule has 0 aromatic heterocycles. The molecule has 0 radical (unpaired) electrons. The van der Waals surface area contributed by atoms with Crippen molar-refractivity contribution in [2.75, 3.05) is 0 Å². The van der Waals surface area contributed by atoms with E-state index in [2.05, 4.69) is 0 Å². The molecule has 0 saturated carbocycles. The van der Waals surface area contributed by atoms with Crippen LogP contribution in [0.3, 0.4) is 0 Å². The van der Waals surface area contributed by atoms with E-state index in [1.807, 2.05) is 0 Å². The number of carbonyl (C=O) groups excluding carboxylic acids is 1. The molecule has 0 amide bonds. The molecule has 0 atom stereocenters. The Labute approximate surface area is 130 Å². The third-order valence-corrected chi connectivity index (χ3v) is 2.48. The maximum absolute atomic E-state index is 12.9. The maximum Gasteiger partial charge on any atom is 0.460 e. The highest BCUT2D eigenvalue weighted by Gasteiger charge is 2.86. The molecule has 0 unspecified atom stereocenters. The zero-order valence-corrected chi connectivity index (χ0v) is 10.9. The lowest BCUT2D eigenvalue weighted by Gasteiger charge is -2.42. The van der Waals surface area contributed by atoms with Crippen LogP contribution in [0, 0.1) is 0 Å². The Morgan fingerprint density at radius 3 is 1.08 bits per heavy atom. The van der Waals surface area contributed by atoms with Gasteiger partial charge in [0.25, 0.3) is 0 Å². The van der Waals surface area contributed by atoms with Crippen LogP contribution >= 0.6 is 0 Å². The summed E-state index contributed by atoms with van der Waals surface area (Å²) >= 11 is 0. The Balaban J connectivity index is 6.60. The van der Waals surface area contributed by atoms with Crippen LogP contribution in [-0.4, -0.2) is 48.1 Å². The highest BCUT2D eigenvalue weighted by molar-refractivity contribution is 5.78. The standard InChI is InChI=1S/C8HF15O3/c9-3(10,7(19,20)21)4(11,12)8(22,23)26-2(1(24)25,5(13,14)15)6(16,17)18/h(H,24,25)/p-1. The van der Waals surface area contributed by atoms with E-state index < -0.39 is 48.1 Å². The van der Waals surface area contributed by atoms with Crippen molar-refractivity contribution in [2.24, 2.45) is 0 Å². The van der Waals surface area contributed by atoms with Crippen molar-refractivity contribution < 1.29 is 80.5 Å². The average Bonchev–Trinajstić information content (AvgIpc) is 2.30. The van der Waals surface area contributed by atoms with Gasteiger partial charge in [0, 0.05) is 0 Å². The second-order valence-corrected chi connectivity index (χ2v) is 4.23. The van der Waals surface area contributed by atoms with Gasteiger partial charge in [-0.2, -0.15) is 65.9 Å². The lowest BCUT2D eigenvalue weighted by atomic mass is 10.0. The minimum absolute atomic E-state index is 1.39. The van der Waals surface area contributed by atoms with Gasteiger partial charge in [0.2, 0.25) is 0 Å². The number of hydrogen-bond donors (Lipinski definition) is 0. The second kappa shape index (κ2) is 5.95. The van der Waals surface area contributed by atoms with Crippen molar-refractivity contribution in [3.8, 4) is 0 Å². The average molecular weight is 429 g/mol. The van der Waals surface area contributed by atoms with Crippen LogP contribution < -0.4 is 5.11 Å². The predicted molar refractivity (Wildman–Crippen MR) is 41.8 cm³/mol. The molecule has 0 aliphatic carbocycles. The SMILES string of the molecule is O=C([O-])C(OC(F)(F)C(F)(F)C(F)(F)C(F)(F)F)(C(F)(F)F)C(F)(F)F. The Kier molecular flexibility index (Phi) is 5.58. The minimum atomic E-state index is -8.10. The van der Waals surface area contributed by atoms with Gasteiger partial charge < -0.3 is 9.90 Å². The fourth-order valence-electron chi connectivity index (χ4n) is 1.17. The maximum atomic E-state index is 12.9. The highest BCUT2D eigenvalue weighted by Crippen LogP contribution is 2.57. The number of rotatable bonds is 5. The quantitative estimate of drug-likeness (QED) is 0.632. The van der Waals surface area contributed by atoms with Gasteiger partial charge in [-0.3, -0.25) is 4.74 Å². The Bertz CT molecular complexity index is 525. The smallest absolute Gasteiger partial charge is 0.460 e. The fourth-order valence-corrected chi connectivity index (χ4v) is 1.17. The van der Waals surface area contributed by atoms with E-state index in [0.29, 0.717) is 0 Å². The zero-order chi connectivity index (χ0) is 21.8. The molecule has 0 N–H and O–H groups in total. The largest absolute Gasteiger partial charge is 0.546 e. The normalized spacial score (nSPS) is 16.0. The van der Waals surface area contributed by atoms with Crippen molar-refractivity contribution in [3.05, 3.63) is 0 Å². The minimum Gasteiger partial charge on any atom is -0.546 e. The first-order valence-corrected chi connectivity index (χ1v) is 5.15. The molecular formula is C8F15O3-. The topological polar surface area (TPSA) is 49.4 Å². The molecule has 0 spiro atoms. The number of aliphatic carboxylic acids is 1. The first-order valence-electron chi connectivity index (χ1n) is 5.15. The van der Waals surface area contributed by atoms with Crippen LogP contribution in [0.25, 0.3) is 0 Å². The van der Waals surface area contributed by atoms with E-state index in [0.717, 1.165) is 0 Å². The van der Waals surface area contributed by atoms with Crippen molar-refractivity contribution in [1.29, 1.82) is 0 Å². The van der Waals surface area contributed by atoms with Gasteiger partial charge in [-0.25, -0.2) is 0 Å². The summed E-state index contributed by atoms with van der Waals surface area (Å²) in [6, 6.07) is 0. The van der Waals surface area contributed by atoms with Crippen molar-refractivity contribution >= 4 is 5.97 Å². The number of halogens is 15. The number of alkyl halides is 15. The Morgan fingerprint density at radius 2 is 0.885 bits per heavy atom. The number of carboxylic acids is 1. The van der Waals surface area contributed by atoms with Crippen LogP contribution in [0.4, 0.5) is 65.9 Å². The van der Waals surface area contributed by atoms with Gasteiger partial charge in [0.05, 0.1) is 5.97 Å². The first kappa shape index (κ1) is 24.4. The monoisotopic (exact) mass is 429 g/mol. The van der Waals surface area contributed by atoms with Crippen molar-refractivity contribution in [2.45, 2.75) is 42.1 Å². The van der Waals surface area contributed by atoms with Gasteiger partial charge in [-0.15, -0.1) is 0 Å². The number of ether oxygens (including phenoxy) is 1. The molecule has 3 nitrogen and oxygen atoms in total. The molecule has 0 saturated heterocycles. The fraction of sp³-hybridized carbons (Fsp3) is 0.875. The lowest BCUT2D eigenvalue weighted by molar-refractivity contribution is -0.501. The second-order valence-electron chi connectivity index (χ2n) is 4.23. The zero-order valence-electron chi connectivity index (χ0n) is 10.9. The molecule has 156 valence electrons. The summed E-state index contributed by atoms with van der Waals surface area (Å²) in [5.74, 6) is -20.8. The molecule has 0 heterocycles. The van der Waals surface area contributed by atoms with E-state index >= 15 is 0 Å². The number of carbonyl (C=O) groups is 1. The van der Waals surface area contributed by atoms with Crippen LogP contribution in [0.2, 0.25) is 0 Å². The third kappa shape index (κ3) is 3.34. The molecule has 0 fully saturated rings. The first-order chi connectivity index (χ1) is 10.9. The molecule has 0 aromatic rings. The molecule has 0 bridgehead atoms.